The highest BCUT2D eigenvalue weighted by atomic mass is 35.5. The number of Topliss-reactive ketones (excluding diaryl/α,β-unsaturated/α-hetero) is 1. The van der Waals surface area contributed by atoms with Crippen LogP contribution in [-0.4, -0.2) is 27.6 Å². The van der Waals surface area contributed by atoms with Crippen LogP contribution in [0.2, 0.25) is 5.02 Å². The summed E-state index contributed by atoms with van der Waals surface area (Å²) in [4.78, 5) is 28.3. The fourth-order valence-corrected chi connectivity index (χ4v) is 2.88. The van der Waals surface area contributed by atoms with Gasteiger partial charge in [-0.15, -0.1) is 0 Å². The lowest BCUT2D eigenvalue weighted by atomic mass is 10.1. The molecule has 134 valence electrons. The summed E-state index contributed by atoms with van der Waals surface area (Å²) in [7, 11) is 0. The minimum atomic E-state index is -0.111. The van der Waals surface area contributed by atoms with Crippen molar-refractivity contribution >= 4 is 28.8 Å². The molecule has 0 atom stereocenters. The molecule has 0 radical (unpaired) electrons. The first-order valence-corrected chi connectivity index (χ1v) is 8.98. The van der Waals surface area contributed by atoms with Crippen LogP contribution in [0, 0.1) is 0 Å². The van der Waals surface area contributed by atoms with Crippen LogP contribution >= 0.6 is 11.6 Å². The number of nitrogens with one attached hydrogen (secondary N) is 1. The van der Waals surface area contributed by atoms with Crippen molar-refractivity contribution in [3.8, 4) is 0 Å². The summed E-state index contributed by atoms with van der Waals surface area (Å²) in [5.74, 6) is 0.814. The molecule has 0 fully saturated rings. The van der Waals surface area contributed by atoms with Crippen LogP contribution in [0.5, 0.6) is 0 Å². The number of carbonyl (C=O) groups is 2. The molecule has 0 bridgehead atoms. The van der Waals surface area contributed by atoms with Gasteiger partial charge in [0, 0.05) is 42.6 Å². The number of imidazole rings is 1. The molecule has 1 aromatic carbocycles. The number of rotatable bonds is 8. The molecule has 6 heteroatoms. The maximum absolute atomic E-state index is 12.0. The number of benzene rings is 1. The van der Waals surface area contributed by atoms with Gasteiger partial charge in [-0.1, -0.05) is 17.7 Å². The average Bonchev–Trinajstić information content (AvgIpc) is 3.07. The van der Waals surface area contributed by atoms with E-state index in [9.17, 15) is 9.59 Å². The Kier molecular flexibility index (Phi) is 6.02. The van der Waals surface area contributed by atoms with Crippen LogP contribution in [0.25, 0.3) is 5.52 Å². The molecule has 0 aliphatic carbocycles. The molecule has 1 amide bonds. The molecular formula is C20H20ClN3O2. The highest BCUT2D eigenvalue weighted by Crippen LogP contribution is 2.12. The molecule has 0 unspecified atom stereocenters. The number of hydrogen-bond donors (Lipinski definition) is 1. The van der Waals surface area contributed by atoms with E-state index in [-0.39, 0.29) is 24.5 Å². The number of fused-ring (bicyclic) bond motifs is 1. The summed E-state index contributed by atoms with van der Waals surface area (Å²) < 4.78 is 2.05. The van der Waals surface area contributed by atoms with Crippen LogP contribution in [0.1, 0.15) is 35.4 Å². The van der Waals surface area contributed by atoms with Crippen molar-refractivity contribution in [2.75, 3.05) is 6.54 Å². The van der Waals surface area contributed by atoms with E-state index in [0.29, 0.717) is 17.1 Å². The van der Waals surface area contributed by atoms with E-state index in [4.69, 9.17) is 11.6 Å². The van der Waals surface area contributed by atoms with E-state index in [0.717, 1.165) is 24.2 Å². The fourth-order valence-electron chi connectivity index (χ4n) is 2.75. The second-order valence-corrected chi connectivity index (χ2v) is 6.49. The lowest BCUT2D eigenvalue weighted by Crippen LogP contribution is -2.25. The topological polar surface area (TPSA) is 63.5 Å². The smallest absolute Gasteiger partial charge is 0.220 e. The number of aryl methyl sites for hydroxylation is 1. The van der Waals surface area contributed by atoms with E-state index in [1.54, 1.807) is 24.3 Å². The predicted octanol–water partition coefficient (Wildman–Crippen LogP) is 3.70. The van der Waals surface area contributed by atoms with Crippen molar-refractivity contribution in [1.29, 1.82) is 0 Å². The highest BCUT2D eigenvalue weighted by molar-refractivity contribution is 6.30. The van der Waals surface area contributed by atoms with Gasteiger partial charge in [0.1, 0.15) is 5.82 Å². The average molecular weight is 370 g/mol. The number of ketones is 1. The minimum absolute atomic E-state index is 0.0549. The molecule has 3 rings (SSSR count). The Morgan fingerprint density at radius 3 is 2.69 bits per heavy atom. The van der Waals surface area contributed by atoms with Crippen molar-refractivity contribution in [2.24, 2.45) is 0 Å². The van der Waals surface area contributed by atoms with Crippen LogP contribution in [0.3, 0.4) is 0 Å². The molecule has 0 aliphatic rings. The van der Waals surface area contributed by atoms with Gasteiger partial charge >= 0.3 is 0 Å². The number of halogens is 1. The molecule has 0 aliphatic heterocycles. The second kappa shape index (κ2) is 8.63. The zero-order valence-electron chi connectivity index (χ0n) is 14.3. The number of hydrogen-bond acceptors (Lipinski definition) is 3. The lowest BCUT2D eigenvalue weighted by molar-refractivity contribution is -0.121. The zero-order chi connectivity index (χ0) is 18.4. The van der Waals surface area contributed by atoms with Gasteiger partial charge in [0.25, 0.3) is 0 Å². The summed E-state index contributed by atoms with van der Waals surface area (Å²) in [6.07, 6.45) is 5.79. The van der Waals surface area contributed by atoms with Gasteiger partial charge in [-0.05, 0) is 42.8 Å². The maximum atomic E-state index is 12.0. The minimum Gasteiger partial charge on any atom is -0.356 e. The Labute approximate surface area is 157 Å². The maximum Gasteiger partial charge on any atom is 0.220 e. The van der Waals surface area contributed by atoms with Crippen molar-refractivity contribution < 1.29 is 9.59 Å². The largest absolute Gasteiger partial charge is 0.356 e. The van der Waals surface area contributed by atoms with Crippen molar-refractivity contribution in [3.05, 3.63) is 71.3 Å². The van der Waals surface area contributed by atoms with Crippen molar-refractivity contribution in [3.63, 3.8) is 0 Å². The molecule has 0 spiro atoms. The van der Waals surface area contributed by atoms with Crippen LogP contribution in [0.15, 0.2) is 54.9 Å². The molecular weight excluding hydrogens is 350 g/mol. The van der Waals surface area contributed by atoms with E-state index in [1.165, 1.54) is 0 Å². The number of amides is 1. The van der Waals surface area contributed by atoms with Gasteiger partial charge in [0.2, 0.25) is 5.91 Å². The molecule has 2 aromatic heterocycles. The Bertz CT molecular complexity index is 903. The normalized spacial score (nSPS) is 10.8. The molecule has 0 saturated carbocycles. The van der Waals surface area contributed by atoms with Crippen molar-refractivity contribution in [1.82, 2.24) is 14.7 Å². The van der Waals surface area contributed by atoms with Gasteiger partial charge in [-0.2, -0.15) is 0 Å². The summed E-state index contributed by atoms with van der Waals surface area (Å²) >= 11 is 5.80. The van der Waals surface area contributed by atoms with Gasteiger partial charge < -0.3 is 9.72 Å². The van der Waals surface area contributed by atoms with Crippen LogP contribution in [-0.2, 0) is 11.2 Å². The molecule has 0 saturated heterocycles. The standard InChI is InChI=1S/C20H20ClN3O2/c21-16-8-6-15(7-9-16)18(25)10-11-20(26)22-12-3-5-19-23-14-17-4-1-2-13-24(17)19/h1-2,4,6-9,13-14H,3,5,10-12H2,(H,22,26). The third-order valence-corrected chi connectivity index (χ3v) is 4.41. The van der Waals surface area contributed by atoms with E-state index >= 15 is 0 Å². The Morgan fingerprint density at radius 1 is 1.08 bits per heavy atom. The first kappa shape index (κ1) is 18.1. The second-order valence-electron chi connectivity index (χ2n) is 6.05. The van der Waals surface area contributed by atoms with Gasteiger partial charge in [-0.25, -0.2) is 4.98 Å². The molecule has 26 heavy (non-hydrogen) atoms. The Morgan fingerprint density at radius 2 is 1.88 bits per heavy atom. The van der Waals surface area contributed by atoms with E-state index in [1.807, 2.05) is 35.0 Å². The van der Waals surface area contributed by atoms with Gasteiger partial charge in [0.05, 0.1) is 11.7 Å². The van der Waals surface area contributed by atoms with Crippen LogP contribution in [0.4, 0.5) is 0 Å². The third-order valence-electron chi connectivity index (χ3n) is 4.16. The number of carbonyl (C=O) groups excluding carboxylic acids is 2. The van der Waals surface area contributed by atoms with E-state index < -0.39 is 0 Å². The predicted molar refractivity (Wildman–Crippen MR) is 102 cm³/mol. The Hall–Kier alpha value is -2.66. The number of nitrogens with zero attached hydrogens (tertiary/aromatic N) is 2. The van der Waals surface area contributed by atoms with E-state index in [2.05, 4.69) is 10.3 Å². The monoisotopic (exact) mass is 369 g/mol. The SMILES string of the molecule is O=C(CCC(=O)c1ccc(Cl)cc1)NCCCc1ncc2ccccn12. The van der Waals surface area contributed by atoms with Gasteiger partial charge in [-0.3, -0.25) is 9.59 Å². The lowest BCUT2D eigenvalue weighted by Gasteiger charge is -2.05. The molecule has 5 nitrogen and oxygen atoms in total. The highest BCUT2D eigenvalue weighted by Gasteiger charge is 2.09. The molecule has 1 N–H and O–H groups in total. The molecule has 2 heterocycles. The summed E-state index contributed by atoms with van der Waals surface area (Å²) in [6, 6.07) is 12.7. The quantitative estimate of drug-likeness (QED) is 0.486. The summed E-state index contributed by atoms with van der Waals surface area (Å²) in [5.41, 5.74) is 1.64. The number of pyridine rings is 1. The first-order valence-electron chi connectivity index (χ1n) is 8.60. The molecule has 3 aromatic rings. The fraction of sp³-hybridized carbons (Fsp3) is 0.250. The Balaban J connectivity index is 1.38. The van der Waals surface area contributed by atoms with Crippen LogP contribution < -0.4 is 5.32 Å². The number of aromatic nitrogens is 2. The summed E-state index contributed by atoms with van der Waals surface area (Å²) in [6.45, 7) is 0.565. The van der Waals surface area contributed by atoms with Crippen molar-refractivity contribution in [2.45, 2.75) is 25.7 Å². The van der Waals surface area contributed by atoms with Gasteiger partial charge in [0.15, 0.2) is 5.78 Å². The first-order chi connectivity index (χ1) is 12.6. The summed E-state index contributed by atoms with van der Waals surface area (Å²) in [5, 5.41) is 3.45. The third kappa shape index (κ3) is 4.70. The zero-order valence-corrected chi connectivity index (χ0v) is 15.1.